The first-order valence-corrected chi connectivity index (χ1v) is 7.45. The van der Waals surface area contributed by atoms with Crippen molar-refractivity contribution < 1.29 is 0 Å². The van der Waals surface area contributed by atoms with E-state index in [1.807, 2.05) is 18.7 Å². The minimum absolute atomic E-state index is 0.111. The molecule has 0 aliphatic carbocycles. The number of aryl methyl sites for hydroxylation is 3. The molecule has 5 heteroatoms. The Balaban J connectivity index is 2.20. The van der Waals surface area contributed by atoms with Crippen molar-refractivity contribution in [2.75, 3.05) is 0 Å². The van der Waals surface area contributed by atoms with Crippen molar-refractivity contribution in [3.05, 3.63) is 34.4 Å². The summed E-state index contributed by atoms with van der Waals surface area (Å²) in [5, 5.41) is 12.6. The summed E-state index contributed by atoms with van der Waals surface area (Å²) in [5.74, 6) is 0. The van der Waals surface area contributed by atoms with Crippen LogP contribution in [-0.4, -0.2) is 25.1 Å². The van der Waals surface area contributed by atoms with Gasteiger partial charge < -0.3 is 5.32 Å². The zero-order valence-corrected chi connectivity index (χ0v) is 14.3. The van der Waals surface area contributed by atoms with E-state index in [0.29, 0.717) is 0 Å². The molecule has 2 aromatic heterocycles. The first-order valence-electron chi connectivity index (χ1n) is 7.45. The highest BCUT2D eigenvalue weighted by atomic mass is 15.3. The van der Waals surface area contributed by atoms with Gasteiger partial charge >= 0.3 is 0 Å². The number of rotatable bonds is 4. The Labute approximate surface area is 127 Å². The van der Waals surface area contributed by atoms with Crippen LogP contribution in [0.25, 0.3) is 0 Å². The van der Waals surface area contributed by atoms with E-state index in [0.717, 1.165) is 24.5 Å². The second-order valence-corrected chi connectivity index (χ2v) is 6.81. The SMILES string of the molecule is Cc1cc(Cn2nc(C)c(CNC(C)(C)C)c2C)n(C)n1. The van der Waals surface area contributed by atoms with E-state index >= 15 is 0 Å². The minimum atomic E-state index is 0.111. The van der Waals surface area contributed by atoms with Crippen LogP contribution in [0.15, 0.2) is 6.07 Å². The molecule has 0 radical (unpaired) electrons. The maximum atomic E-state index is 4.69. The Kier molecular flexibility index (Phi) is 4.23. The molecule has 2 heterocycles. The summed E-state index contributed by atoms with van der Waals surface area (Å²) in [6.45, 7) is 14.4. The number of nitrogens with zero attached hydrogens (tertiary/aromatic N) is 4. The van der Waals surface area contributed by atoms with Crippen LogP contribution < -0.4 is 5.32 Å². The van der Waals surface area contributed by atoms with Crippen molar-refractivity contribution in [1.29, 1.82) is 0 Å². The van der Waals surface area contributed by atoms with Crippen molar-refractivity contribution in [2.45, 2.75) is 60.2 Å². The first kappa shape index (κ1) is 15.8. The topological polar surface area (TPSA) is 47.7 Å². The van der Waals surface area contributed by atoms with Gasteiger partial charge in [0, 0.05) is 30.4 Å². The fraction of sp³-hybridized carbons (Fsp3) is 0.625. The van der Waals surface area contributed by atoms with Crippen LogP contribution in [0.2, 0.25) is 0 Å². The van der Waals surface area contributed by atoms with Gasteiger partial charge in [-0.15, -0.1) is 0 Å². The summed E-state index contributed by atoms with van der Waals surface area (Å²) >= 11 is 0. The van der Waals surface area contributed by atoms with E-state index in [4.69, 9.17) is 5.10 Å². The molecule has 0 saturated carbocycles. The van der Waals surface area contributed by atoms with Crippen LogP contribution >= 0.6 is 0 Å². The van der Waals surface area contributed by atoms with Crippen molar-refractivity contribution in [1.82, 2.24) is 24.9 Å². The smallest absolute Gasteiger partial charge is 0.0831 e. The van der Waals surface area contributed by atoms with Gasteiger partial charge in [-0.3, -0.25) is 9.36 Å². The molecule has 2 rings (SSSR count). The van der Waals surface area contributed by atoms with Gasteiger partial charge in [0.2, 0.25) is 0 Å². The van der Waals surface area contributed by atoms with Crippen molar-refractivity contribution in [3.8, 4) is 0 Å². The van der Waals surface area contributed by atoms with Crippen LogP contribution in [0.5, 0.6) is 0 Å². The van der Waals surface area contributed by atoms with E-state index in [-0.39, 0.29) is 5.54 Å². The molecule has 0 atom stereocenters. The third-order valence-electron chi connectivity index (χ3n) is 3.74. The van der Waals surface area contributed by atoms with Crippen LogP contribution in [0.4, 0.5) is 0 Å². The lowest BCUT2D eigenvalue weighted by Gasteiger charge is -2.20. The van der Waals surface area contributed by atoms with Gasteiger partial charge in [0.25, 0.3) is 0 Å². The Morgan fingerprint density at radius 3 is 2.33 bits per heavy atom. The normalized spacial score (nSPS) is 12.1. The van der Waals surface area contributed by atoms with Crippen molar-refractivity contribution in [2.24, 2.45) is 7.05 Å². The summed E-state index contributed by atoms with van der Waals surface area (Å²) in [5.41, 5.74) is 5.95. The molecular formula is C16H27N5. The van der Waals surface area contributed by atoms with E-state index in [9.17, 15) is 0 Å². The average Bonchev–Trinajstić information content (AvgIpc) is 2.78. The third kappa shape index (κ3) is 3.73. The van der Waals surface area contributed by atoms with Crippen LogP contribution in [0.1, 0.15) is 49.1 Å². The highest BCUT2D eigenvalue weighted by molar-refractivity contribution is 5.25. The molecular weight excluding hydrogens is 262 g/mol. The highest BCUT2D eigenvalue weighted by Gasteiger charge is 2.16. The molecule has 0 bridgehead atoms. The summed E-state index contributed by atoms with van der Waals surface area (Å²) in [4.78, 5) is 0. The predicted octanol–water partition coefficient (Wildman–Crippen LogP) is 2.48. The minimum Gasteiger partial charge on any atom is -0.308 e. The Hall–Kier alpha value is -1.62. The van der Waals surface area contributed by atoms with Gasteiger partial charge in [-0.25, -0.2) is 0 Å². The molecule has 0 aliphatic heterocycles. The molecule has 5 nitrogen and oxygen atoms in total. The van der Waals surface area contributed by atoms with Gasteiger partial charge in [0.1, 0.15) is 0 Å². The van der Waals surface area contributed by atoms with E-state index in [1.54, 1.807) is 0 Å². The van der Waals surface area contributed by atoms with E-state index in [1.165, 1.54) is 17.0 Å². The zero-order chi connectivity index (χ0) is 15.8. The fourth-order valence-corrected chi connectivity index (χ4v) is 2.46. The number of hydrogen-bond acceptors (Lipinski definition) is 3. The highest BCUT2D eigenvalue weighted by Crippen LogP contribution is 2.16. The number of aromatic nitrogens is 4. The zero-order valence-electron chi connectivity index (χ0n) is 14.3. The average molecular weight is 289 g/mol. The first-order chi connectivity index (χ1) is 9.67. The van der Waals surface area contributed by atoms with Crippen LogP contribution in [0.3, 0.4) is 0 Å². The molecule has 0 saturated heterocycles. The summed E-state index contributed by atoms with van der Waals surface area (Å²) in [6.07, 6.45) is 0. The third-order valence-corrected chi connectivity index (χ3v) is 3.74. The predicted molar refractivity (Wildman–Crippen MR) is 85.3 cm³/mol. The maximum absolute atomic E-state index is 4.69. The molecule has 0 amide bonds. The Bertz CT molecular complexity index is 628. The fourth-order valence-electron chi connectivity index (χ4n) is 2.46. The lowest BCUT2D eigenvalue weighted by atomic mass is 10.1. The largest absolute Gasteiger partial charge is 0.308 e. The standard InChI is InChI=1S/C16H27N5/c1-11-8-14(20(7)18-11)10-21-13(3)15(12(2)19-21)9-17-16(4,5)6/h8,17H,9-10H2,1-7H3. The second-order valence-electron chi connectivity index (χ2n) is 6.81. The van der Waals surface area contributed by atoms with Gasteiger partial charge in [0.05, 0.1) is 23.6 Å². The maximum Gasteiger partial charge on any atom is 0.0831 e. The molecule has 0 aromatic carbocycles. The lowest BCUT2D eigenvalue weighted by Crippen LogP contribution is -2.35. The van der Waals surface area contributed by atoms with E-state index < -0.39 is 0 Å². The van der Waals surface area contributed by atoms with Gasteiger partial charge in [-0.1, -0.05) is 0 Å². The van der Waals surface area contributed by atoms with Crippen LogP contribution in [-0.2, 0) is 20.1 Å². The van der Waals surface area contributed by atoms with E-state index in [2.05, 4.69) is 55.8 Å². The summed E-state index contributed by atoms with van der Waals surface area (Å²) in [6, 6.07) is 2.11. The molecule has 116 valence electrons. The second kappa shape index (κ2) is 5.64. The number of nitrogens with one attached hydrogen (secondary N) is 1. The van der Waals surface area contributed by atoms with Gasteiger partial charge in [-0.05, 0) is 47.6 Å². The quantitative estimate of drug-likeness (QED) is 0.940. The molecule has 0 fully saturated rings. The molecule has 21 heavy (non-hydrogen) atoms. The van der Waals surface area contributed by atoms with Gasteiger partial charge in [-0.2, -0.15) is 10.2 Å². The van der Waals surface area contributed by atoms with Gasteiger partial charge in [0.15, 0.2) is 0 Å². The van der Waals surface area contributed by atoms with Crippen molar-refractivity contribution >= 4 is 0 Å². The van der Waals surface area contributed by atoms with Crippen LogP contribution in [0, 0.1) is 20.8 Å². The Morgan fingerprint density at radius 2 is 1.81 bits per heavy atom. The summed E-state index contributed by atoms with van der Waals surface area (Å²) < 4.78 is 4.00. The van der Waals surface area contributed by atoms with Crippen molar-refractivity contribution in [3.63, 3.8) is 0 Å². The Morgan fingerprint density at radius 1 is 1.14 bits per heavy atom. The molecule has 0 spiro atoms. The molecule has 1 N–H and O–H groups in total. The molecule has 0 aliphatic rings. The lowest BCUT2D eigenvalue weighted by molar-refractivity contribution is 0.423. The monoisotopic (exact) mass is 289 g/mol. The summed E-state index contributed by atoms with van der Waals surface area (Å²) in [7, 11) is 1.98. The molecule has 2 aromatic rings. The number of hydrogen-bond donors (Lipinski definition) is 1. The molecule has 0 unspecified atom stereocenters.